The van der Waals surface area contributed by atoms with E-state index in [9.17, 15) is 44.4 Å². The van der Waals surface area contributed by atoms with Gasteiger partial charge in [-0.3, -0.25) is 9.59 Å². The summed E-state index contributed by atoms with van der Waals surface area (Å²) in [4.78, 5) is 63.6. The summed E-state index contributed by atoms with van der Waals surface area (Å²) in [6, 6.07) is 19.5. The molecular formula is C36H32N2O11. The van der Waals surface area contributed by atoms with Crippen LogP contribution >= 0.6 is 0 Å². The molecule has 1 amide bonds. The van der Waals surface area contributed by atoms with Crippen LogP contribution in [0.1, 0.15) is 75.8 Å². The number of carboxylic acids is 1. The predicted octanol–water partition coefficient (Wildman–Crippen LogP) is 3.80. The van der Waals surface area contributed by atoms with Gasteiger partial charge in [-0.05, 0) is 73.5 Å². The number of benzene rings is 4. The van der Waals surface area contributed by atoms with Gasteiger partial charge in [0.25, 0.3) is 5.91 Å². The molecule has 1 aliphatic rings. The number of aromatic carboxylic acids is 1. The molecule has 4 aromatic carbocycles. The Kier molecular flexibility index (Phi) is 10.5. The molecule has 0 aliphatic carbocycles. The number of hydrogen-bond donors (Lipinski definition) is 6. The van der Waals surface area contributed by atoms with Crippen LogP contribution < -0.4 is 10.6 Å². The molecule has 252 valence electrons. The van der Waals surface area contributed by atoms with Gasteiger partial charge in [0.15, 0.2) is 0 Å². The largest absolute Gasteiger partial charge is 0.507 e. The van der Waals surface area contributed by atoms with Gasteiger partial charge in [-0.2, -0.15) is 0 Å². The number of hydrogen-bond acceptors (Lipinski definition) is 11. The molecule has 1 fully saturated rings. The van der Waals surface area contributed by atoms with Gasteiger partial charge in [0, 0.05) is 12.1 Å². The molecule has 0 aromatic heterocycles. The molecule has 5 rings (SSSR count). The smallest absolute Gasteiger partial charge is 0.338 e. The van der Waals surface area contributed by atoms with Crippen LogP contribution in [-0.2, 0) is 16.1 Å². The average molecular weight is 669 g/mol. The van der Waals surface area contributed by atoms with Gasteiger partial charge >= 0.3 is 17.9 Å². The van der Waals surface area contributed by atoms with Gasteiger partial charge in [0.1, 0.15) is 35.5 Å². The first-order valence-corrected chi connectivity index (χ1v) is 15.2. The van der Waals surface area contributed by atoms with E-state index in [4.69, 9.17) is 9.47 Å². The molecule has 0 saturated carbocycles. The number of carboxylic acid groups (broad SMARTS) is 1. The Morgan fingerprint density at radius 3 is 2.10 bits per heavy atom. The van der Waals surface area contributed by atoms with Crippen LogP contribution in [0.3, 0.4) is 0 Å². The maximum atomic E-state index is 13.2. The normalized spacial score (nSPS) is 15.8. The highest BCUT2D eigenvalue weighted by molar-refractivity contribution is 6.18. The Labute approximate surface area is 279 Å². The molecule has 1 saturated heterocycles. The van der Waals surface area contributed by atoms with E-state index in [2.05, 4.69) is 10.6 Å². The molecule has 49 heavy (non-hydrogen) atoms. The number of ketones is 1. The van der Waals surface area contributed by atoms with Crippen LogP contribution in [0, 0.1) is 0 Å². The van der Waals surface area contributed by atoms with Crippen molar-refractivity contribution in [3.63, 3.8) is 0 Å². The molecule has 6 N–H and O–H groups in total. The van der Waals surface area contributed by atoms with E-state index in [0.29, 0.717) is 19.4 Å². The van der Waals surface area contributed by atoms with E-state index in [-0.39, 0.29) is 29.8 Å². The SMILES string of the molecule is O=C(N[C@H]1CNCCC[C@@H]1OC(=O)c1cc(O)c(C(=O)c2c(O)cccc2C(=O)O)c(O)c1)c1ccc(C(=O)OCc2ccccc2)cc1. The lowest BCUT2D eigenvalue weighted by molar-refractivity contribution is 0.0191. The molecule has 1 aliphatic heterocycles. The Morgan fingerprint density at radius 2 is 1.43 bits per heavy atom. The van der Waals surface area contributed by atoms with Gasteiger partial charge in [-0.25, -0.2) is 14.4 Å². The fourth-order valence-electron chi connectivity index (χ4n) is 5.37. The minimum atomic E-state index is -1.52. The fourth-order valence-corrected chi connectivity index (χ4v) is 5.37. The van der Waals surface area contributed by atoms with E-state index in [1.165, 1.54) is 30.3 Å². The number of amides is 1. The highest BCUT2D eigenvalue weighted by Crippen LogP contribution is 2.35. The lowest BCUT2D eigenvalue weighted by Crippen LogP contribution is -2.49. The zero-order valence-electron chi connectivity index (χ0n) is 25.9. The van der Waals surface area contributed by atoms with Crippen LogP contribution in [0.2, 0.25) is 0 Å². The number of esters is 2. The van der Waals surface area contributed by atoms with Gasteiger partial charge in [-0.1, -0.05) is 36.4 Å². The number of carbonyl (C=O) groups excluding carboxylic acids is 4. The summed E-state index contributed by atoms with van der Waals surface area (Å²) in [5.41, 5.74) is -0.908. The number of phenolic OH excluding ortho intramolecular Hbond substituents is 3. The number of aromatic hydroxyl groups is 3. The van der Waals surface area contributed by atoms with Gasteiger partial charge in [0.05, 0.1) is 28.3 Å². The van der Waals surface area contributed by atoms with Crippen LogP contribution in [-0.4, -0.2) is 75.3 Å². The van der Waals surface area contributed by atoms with Gasteiger partial charge in [0.2, 0.25) is 5.78 Å². The summed E-state index contributed by atoms with van der Waals surface area (Å²) in [6.07, 6.45) is 0.125. The maximum absolute atomic E-state index is 13.2. The molecule has 13 heteroatoms. The minimum Gasteiger partial charge on any atom is -0.507 e. The molecule has 0 bridgehead atoms. The van der Waals surface area contributed by atoms with Crippen LogP contribution in [0.5, 0.6) is 17.2 Å². The molecule has 4 aromatic rings. The topological polar surface area (TPSA) is 209 Å². The lowest BCUT2D eigenvalue weighted by Gasteiger charge is -2.26. The van der Waals surface area contributed by atoms with E-state index >= 15 is 0 Å². The Bertz CT molecular complexity index is 1870. The molecule has 2 atom stereocenters. The van der Waals surface area contributed by atoms with Crippen molar-refractivity contribution in [2.24, 2.45) is 0 Å². The fraction of sp³-hybridized carbons (Fsp3) is 0.194. The Hall–Kier alpha value is -6.21. The Morgan fingerprint density at radius 1 is 0.755 bits per heavy atom. The minimum absolute atomic E-state index is 0.101. The summed E-state index contributed by atoms with van der Waals surface area (Å²) in [5, 5.41) is 46.9. The van der Waals surface area contributed by atoms with Crippen molar-refractivity contribution in [1.82, 2.24) is 10.6 Å². The van der Waals surface area contributed by atoms with E-state index < -0.39 is 75.7 Å². The third kappa shape index (κ3) is 8.03. The van der Waals surface area contributed by atoms with Crippen molar-refractivity contribution in [3.8, 4) is 17.2 Å². The summed E-state index contributed by atoms with van der Waals surface area (Å²) < 4.78 is 11.0. The standard InChI is InChI=1S/C36H32N2O11/c39-26-9-4-8-24(34(44)45)30(26)32(42)31-27(40)16-23(17-28(31)41)36(47)49-29-10-5-15-37-18-25(29)38-33(43)21-11-13-22(14-12-21)35(46)48-19-20-6-2-1-3-7-20/h1-4,6-9,11-14,16-17,25,29,37,39-41H,5,10,15,18-19H2,(H,38,43)(H,44,45)/t25-,29-/m0/s1. The van der Waals surface area contributed by atoms with Crippen LogP contribution in [0.4, 0.5) is 0 Å². The number of nitrogens with one attached hydrogen (secondary N) is 2. The van der Waals surface area contributed by atoms with E-state index in [1.54, 1.807) is 0 Å². The monoisotopic (exact) mass is 668 g/mol. The molecule has 0 spiro atoms. The van der Waals surface area contributed by atoms with E-state index in [0.717, 1.165) is 29.8 Å². The first-order chi connectivity index (χ1) is 23.5. The van der Waals surface area contributed by atoms with Gasteiger partial charge < -0.3 is 40.5 Å². The molecule has 0 unspecified atom stereocenters. The zero-order chi connectivity index (χ0) is 35.1. The quantitative estimate of drug-likeness (QED) is 0.105. The first kappa shape index (κ1) is 34.1. The number of carbonyl (C=O) groups is 5. The number of phenols is 3. The van der Waals surface area contributed by atoms with Crippen molar-refractivity contribution in [3.05, 3.63) is 124 Å². The second kappa shape index (κ2) is 15.1. The third-order valence-electron chi connectivity index (χ3n) is 7.89. The molecule has 0 radical (unpaired) electrons. The van der Waals surface area contributed by atoms with Crippen molar-refractivity contribution in [2.45, 2.75) is 31.6 Å². The molecular weight excluding hydrogens is 636 g/mol. The third-order valence-corrected chi connectivity index (χ3v) is 7.89. The second-order valence-corrected chi connectivity index (χ2v) is 11.2. The zero-order valence-corrected chi connectivity index (χ0v) is 25.9. The average Bonchev–Trinajstić information content (AvgIpc) is 3.31. The van der Waals surface area contributed by atoms with Crippen molar-refractivity contribution in [2.75, 3.05) is 13.1 Å². The second-order valence-electron chi connectivity index (χ2n) is 11.2. The van der Waals surface area contributed by atoms with E-state index in [1.807, 2.05) is 30.3 Å². The summed E-state index contributed by atoms with van der Waals surface area (Å²) in [5.74, 6) is -7.08. The van der Waals surface area contributed by atoms with Crippen LogP contribution in [0.25, 0.3) is 0 Å². The lowest BCUT2D eigenvalue weighted by atomic mass is 9.95. The van der Waals surface area contributed by atoms with Gasteiger partial charge in [-0.15, -0.1) is 0 Å². The maximum Gasteiger partial charge on any atom is 0.338 e. The number of ether oxygens (including phenoxy) is 2. The predicted molar refractivity (Wildman–Crippen MR) is 173 cm³/mol. The van der Waals surface area contributed by atoms with Crippen molar-refractivity contribution >= 4 is 29.6 Å². The summed E-state index contributed by atoms with van der Waals surface area (Å²) in [6.45, 7) is 0.942. The highest BCUT2D eigenvalue weighted by Gasteiger charge is 2.31. The molecule has 13 nitrogen and oxygen atoms in total. The Balaban J connectivity index is 1.26. The van der Waals surface area contributed by atoms with Crippen molar-refractivity contribution in [1.29, 1.82) is 0 Å². The molecule has 1 heterocycles. The summed E-state index contributed by atoms with van der Waals surface area (Å²) in [7, 11) is 0. The summed E-state index contributed by atoms with van der Waals surface area (Å²) >= 11 is 0. The number of rotatable bonds is 10. The van der Waals surface area contributed by atoms with Crippen LogP contribution in [0.15, 0.2) is 84.9 Å². The first-order valence-electron chi connectivity index (χ1n) is 15.2. The van der Waals surface area contributed by atoms with Crippen molar-refractivity contribution < 1.29 is 53.9 Å². The highest BCUT2D eigenvalue weighted by atomic mass is 16.5.